The lowest BCUT2D eigenvalue weighted by molar-refractivity contribution is 0.441. The van der Waals surface area contributed by atoms with Gasteiger partial charge in [0.2, 0.25) is 0 Å². The summed E-state index contributed by atoms with van der Waals surface area (Å²) in [4.78, 5) is 4.57. The van der Waals surface area contributed by atoms with Gasteiger partial charge in [0.15, 0.2) is 0 Å². The van der Waals surface area contributed by atoms with Crippen LogP contribution in [0.3, 0.4) is 0 Å². The number of imidazole rings is 1. The van der Waals surface area contributed by atoms with Gasteiger partial charge < -0.3 is 9.88 Å². The minimum atomic E-state index is 0.690. The molecule has 1 N–H and O–H groups in total. The van der Waals surface area contributed by atoms with Crippen LogP contribution in [0.25, 0.3) is 0 Å². The first-order valence-corrected chi connectivity index (χ1v) is 6.39. The van der Waals surface area contributed by atoms with E-state index in [1.54, 1.807) is 0 Å². The van der Waals surface area contributed by atoms with Crippen LogP contribution in [-0.2, 0) is 13.5 Å². The summed E-state index contributed by atoms with van der Waals surface area (Å²) in [6, 6.07) is 0. The Labute approximate surface area is 98.3 Å². The Bertz CT molecular complexity index is 335. The summed E-state index contributed by atoms with van der Waals surface area (Å²) in [6.07, 6.45) is 5.60. The Morgan fingerprint density at radius 1 is 1.44 bits per heavy atom. The molecule has 1 fully saturated rings. The summed E-state index contributed by atoms with van der Waals surface area (Å²) in [5.41, 5.74) is 2.81. The van der Waals surface area contributed by atoms with Crippen LogP contribution in [0.4, 0.5) is 0 Å². The lowest BCUT2D eigenvalue weighted by Crippen LogP contribution is -2.28. The van der Waals surface area contributed by atoms with Crippen LogP contribution >= 0.6 is 0 Å². The van der Waals surface area contributed by atoms with E-state index >= 15 is 0 Å². The van der Waals surface area contributed by atoms with Crippen molar-refractivity contribution in [2.75, 3.05) is 13.1 Å². The Kier molecular flexibility index (Phi) is 3.64. The highest BCUT2D eigenvalue weighted by molar-refractivity contribution is 5.19. The zero-order chi connectivity index (χ0) is 11.5. The monoisotopic (exact) mass is 221 g/mol. The summed E-state index contributed by atoms with van der Waals surface area (Å²) in [5, 5.41) is 3.43. The van der Waals surface area contributed by atoms with E-state index in [0.29, 0.717) is 11.8 Å². The van der Waals surface area contributed by atoms with Crippen LogP contribution in [0.2, 0.25) is 0 Å². The molecule has 3 nitrogen and oxygen atoms in total. The zero-order valence-electron chi connectivity index (χ0n) is 10.7. The zero-order valence-corrected chi connectivity index (χ0v) is 10.7. The van der Waals surface area contributed by atoms with E-state index in [1.165, 1.54) is 24.2 Å². The van der Waals surface area contributed by atoms with Crippen molar-refractivity contribution < 1.29 is 0 Å². The molecule has 1 saturated heterocycles. The number of aryl methyl sites for hydroxylation is 1. The SMILES string of the molecule is CC(C)Cc1ncn(C)c1C1CCNCC1. The standard InChI is InChI=1S/C13H23N3/c1-10(2)8-12-13(16(3)9-15-12)11-4-6-14-7-5-11/h9-11,14H,4-8H2,1-3H3. The van der Waals surface area contributed by atoms with Gasteiger partial charge in [-0.1, -0.05) is 13.8 Å². The number of hydrogen-bond acceptors (Lipinski definition) is 2. The van der Waals surface area contributed by atoms with Crippen LogP contribution in [0.5, 0.6) is 0 Å². The maximum Gasteiger partial charge on any atom is 0.0949 e. The van der Waals surface area contributed by atoms with Crippen molar-refractivity contribution >= 4 is 0 Å². The van der Waals surface area contributed by atoms with E-state index in [9.17, 15) is 0 Å². The molecule has 90 valence electrons. The van der Waals surface area contributed by atoms with Gasteiger partial charge in [-0.3, -0.25) is 0 Å². The van der Waals surface area contributed by atoms with E-state index in [2.05, 4.69) is 35.8 Å². The average Bonchev–Trinajstić information content (AvgIpc) is 2.60. The molecule has 1 aliphatic heterocycles. The van der Waals surface area contributed by atoms with Crippen LogP contribution < -0.4 is 5.32 Å². The molecule has 16 heavy (non-hydrogen) atoms. The fraction of sp³-hybridized carbons (Fsp3) is 0.769. The molecule has 0 bridgehead atoms. The van der Waals surface area contributed by atoms with E-state index in [1.807, 2.05) is 6.33 Å². The minimum Gasteiger partial charge on any atom is -0.337 e. The lowest BCUT2D eigenvalue weighted by Gasteiger charge is -2.24. The molecule has 0 radical (unpaired) electrons. The Morgan fingerprint density at radius 3 is 2.75 bits per heavy atom. The van der Waals surface area contributed by atoms with Gasteiger partial charge in [-0.05, 0) is 38.3 Å². The Balaban J connectivity index is 2.19. The fourth-order valence-electron chi connectivity index (χ4n) is 2.65. The Hall–Kier alpha value is -0.830. The Morgan fingerprint density at radius 2 is 2.12 bits per heavy atom. The van der Waals surface area contributed by atoms with Gasteiger partial charge >= 0.3 is 0 Å². The van der Waals surface area contributed by atoms with E-state index in [4.69, 9.17) is 0 Å². The predicted molar refractivity (Wildman–Crippen MR) is 66.6 cm³/mol. The van der Waals surface area contributed by atoms with Crippen molar-refractivity contribution in [2.24, 2.45) is 13.0 Å². The topological polar surface area (TPSA) is 29.9 Å². The third kappa shape index (κ3) is 2.46. The first kappa shape index (κ1) is 11.6. The van der Waals surface area contributed by atoms with Gasteiger partial charge in [-0.2, -0.15) is 0 Å². The second kappa shape index (κ2) is 5.00. The van der Waals surface area contributed by atoms with Crippen molar-refractivity contribution in [1.29, 1.82) is 0 Å². The number of piperidine rings is 1. The number of nitrogens with one attached hydrogen (secondary N) is 1. The van der Waals surface area contributed by atoms with Crippen LogP contribution in [-0.4, -0.2) is 22.6 Å². The molecule has 1 aliphatic rings. The first-order chi connectivity index (χ1) is 7.68. The smallest absolute Gasteiger partial charge is 0.0949 e. The summed E-state index contributed by atoms with van der Waals surface area (Å²) in [6.45, 7) is 6.83. The third-order valence-corrected chi connectivity index (χ3v) is 3.39. The van der Waals surface area contributed by atoms with Gasteiger partial charge in [0, 0.05) is 18.7 Å². The van der Waals surface area contributed by atoms with Crippen molar-refractivity contribution in [1.82, 2.24) is 14.9 Å². The van der Waals surface area contributed by atoms with E-state index < -0.39 is 0 Å². The molecule has 0 amide bonds. The molecular formula is C13H23N3. The summed E-state index contributed by atoms with van der Waals surface area (Å²) in [7, 11) is 2.13. The highest BCUT2D eigenvalue weighted by atomic mass is 15.0. The number of hydrogen-bond donors (Lipinski definition) is 1. The fourth-order valence-corrected chi connectivity index (χ4v) is 2.65. The normalized spacial score (nSPS) is 18.2. The molecule has 3 heteroatoms. The summed E-state index contributed by atoms with van der Waals surface area (Å²) >= 11 is 0. The van der Waals surface area contributed by atoms with Crippen molar-refractivity contribution in [3.63, 3.8) is 0 Å². The van der Waals surface area contributed by atoms with Gasteiger partial charge in [0.05, 0.1) is 12.0 Å². The summed E-state index contributed by atoms with van der Waals surface area (Å²) < 4.78 is 2.23. The molecule has 0 unspecified atom stereocenters. The molecule has 2 rings (SSSR count). The predicted octanol–water partition coefficient (Wildman–Crippen LogP) is 2.09. The molecule has 0 aromatic carbocycles. The average molecular weight is 221 g/mol. The quantitative estimate of drug-likeness (QED) is 0.847. The lowest BCUT2D eigenvalue weighted by atomic mass is 9.91. The molecular weight excluding hydrogens is 198 g/mol. The van der Waals surface area contributed by atoms with Crippen LogP contribution in [0.15, 0.2) is 6.33 Å². The molecule has 1 aromatic rings. The molecule has 1 aromatic heterocycles. The van der Waals surface area contributed by atoms with Gasteiger partial charge in [0.1, 0.15) is 0 Å². The minimum absolute atomic E-state index is 0.690. The molecule has 0 spiro atoms. The van der Waals surface area contributed by atoms with Crippen LogP contribution in [0.1, 0.15) is 44.0 Å². The molecule has 0 atom stereocenters. The van der Waals surface area contributed by atoms with Gasteiger partial charge in [0.25, 0.3) is 0 Å². The van der Waals surface area contributed by atoms with Gasteiger partial charge in [-0.25, -0.2) is 4.98 Å². The number of nitrogens with zero attached hydrogens (tertiary/aromatic N) is 2. The van der Waals surface area contributed by atoms with Crippen molar-refractivity contribution in [3.05, 3.63) is 17.7 Å². The first-order valence-electron chi connectivity index (χ1n) is 6.39. The second-order valence-electron chi connectivity index (χ2n) is 5.31. The molecule has 2 heterocycles. The third-order valence-electron chi connectivity index (χ3n) is 3.39. The maximum atomic E-state index is 4.57. The summed E-state index contributed by atoms with van der Waals surface area (Å²) in [5.74, 6) is 1.40. The number of aromatic nitrogens is 2. The molecule has 0 saturated carbocycles. The van der Waals surface area contributed by atoms with Crippen molar-refractivity contribution in [2.45, 2.75) is 39.0 Å². The maximum absolute atomic E-state index is 4.57. The molecule has 0 aliphatic carbocycles. The van der Waals surface area contributed by atoms with Crippen LogP contribution in [0, 0.1) is 5.92 Å². The highest BCUT2D eigenvalue weighted by Crippen LogP contribution is 2.28. The second-order valence-corrected chi connectivity index (χ2v) is 5.31. The van der Waals surface area contributed by atoms with Gasteiger partial charge in [-0.15, -0.1) is 0 Å². The number of rotatable bonds is 3. The van der Waals surface area contributed by atoms with E-state index in [-0.39, 0.29) is 0 Å². The highest BCUT2D eigenvalue weighted by Gasteiger charge is 2.22. The largest absolute Gasteiger partial charge is 0.337 e. The van der Waals surface area contributed by atoms with Crippen molar-refractivity contribution in [3.8, 4) is 0 Å². The van der Waals surface area contributed by atoms with E-state index in [0.717, 1.165) is 19.5 Å².